The number of nitrogens with two attached hydrogens (primary N) is 1. The molecular weight excluding hydrogens is 358 g/mol. The number of rotatable bonds is 8. The number of benzene rings is 2. The molecule has 0 bridgehead atoms. The van der Waals surface area contributed by atoms with Gasteiger partial charge in [-0.25, -0.2) is 4.79 Å². The SMILES string of the molecule is CC(C)(C)[Si](OCC[C@H](C=O)OC(N)=O)(c1ccccc1)c1ccccc1. The first-order valence-electron chi connectivity index (χ1n) is 8.97. The summed E-state index contributed by atoms with van der Waals surface area (Å²) < 4.78 is 11.4. The van der Waals surface area contributed by atoms with E-state index in [1.807, 2.05) is 36.4 Å². The third kappa shape index (κ3) is 4.84. The van der Waals surface area contributed by atoms with Gasteiger partial charge in [0, 0.05) is 13.0 Å². The number of aldehydes is 1. The van der Waals surface area contributed by atoms with Crippen LogP contribution in [0, 0.1) is 0 Å². The molecule has 2 aromatic carbocycles. The lowest BCUT2D eigenvalue weighted by Gasteiger charge is -2.43. The molecule has 1 atom stereocenters. The van der Waals surface area contributed by atoms with E-state index in [0.717, 1.165) is 10.4 Å². The van der Waals surface area contributed by atoms with Crippen molar-refractivity contribution >= 4 is 31.1 Å². The Morgan fingerprint density at radius 1 is 1.04 bits per heavy atom. The van der Waals surface area contributed by atoms with Crippen LogP contribution in [-0.2, 0) is 14.0 Å². The van der Waals surface area contributed by atoms with Gasteiger partial charge >= 0.3 is 6.09 Å². The van der Waals surface area contributed by atoms with Crippen LogP contribution in [0.25, 0.3) is 0 Å². The summed E-state index contributed by atoms with van der Waals surface area (Å²) in [4.78, 5) is 22.1. The first kappa shape index (κ1) is 20.9. The molecule has 2 aromatic rings. The minimum Gasteiger partial charge on any atom is -0.439 e. The molecule has 144 valence electrons. The Labute approximate surface area is 161 Å². The highest BCUT2D eigenvalue weighted by Crippen LogP contribution is 2.36. The molecule has 1 amide bonds. The van der Waals surface area contributed by atoms with Crippen LogP contribution in [0.3, 0.4) is 0 Å². The molecule has 0 unspecified atom stereocenters. The second kappa shape index (κ2) is 8.97. The zero-order valence-electron chi connectivity index (χ0n) is 16.1. The number of primary amides is 1. The van der Waals surface area contributed by atoms with Crippen molar-refractivity contribution in [3.8, 4) is 0 Å². The summed E-state index contributed by atoms with van der Waals surface area (Å²) in [6, 6.07) is 20.4. The fraction of sp³-hybridized carbons (Fsp3) is 0.333. The van der Waals surface area contributed by atoms with E-state index < -0.39 is 20.5 Å². The van der Waals surface area contributed by atoms with Crippen LogP contribution in [0.2, 0.25) is 5.04 Å². The van der Waals surface area contributed by atoms with Crippen molar-refractivity contribution in [1.29, 1.82) is 0 Å². The lowest BCUT2D eigenvalue weighted by Crippen LogP contribution is -2.66. The van der Waals surface area contributed by atoms with Crippen molar-refractivity contribution in [2.45, 2.75) is 38.3 Å². The summed E-state index contributed by atoms with van der Waals surface area (Å²) in [7, 11) is -2.66. The largest absolute Gasteiger partial charge is 0.439 e. The van der Waals surface area contributed by atoms with Gasteiger partial charge < -0.3 is 14.9 Å². The topological polar surface area (TPSA) is 78.6 Å². The van der Waals surface area contributed by atoms with Gasteiger partial charge in [0.15, 0.2) is 12.4 Å². The molecule has 2 rings (SSSR count). The molecule has 2 N–H and O–H groups in total. The molecule has 0 aliphatic heterocycles. The quantitative estimate of drug-likeness (QED) is 0.560. The normalized spacial score (nSPS) is 13.0. The molecule has 5 nitrogen and oxygen atoms in total. The summed E-state index contributed by atoms with van der Waals surface area (Å²) in [5.41, 5.74) is 5.03. The van der Waals surface area contributed by atoms with Crippen LogP contribution in [0.15, 0.2) is 60.7 Å². The van der Waals surface area contributed by atoms with Crippen molar-refractivity contribution in [2.75, 3.05) is 6.61 Å². The van der Waals surface area contributed by atoms with Crippen molar-refractivity contribution in [3.05, 3.63) is 60.7 Å². The van der Waals surface area contributed by atoms with E-state index in [4.69, 9.17) is 14.9 Å². The number of amides is 1. The third-order valence-corrected chi connectivity index (χ3v) is 9.60. The summed E-state index contributed by atoms with van der Waals surface area (Å²) >= 11 is 0. The van der Waals surface area contributed by atoms with Crippen molar-refractivity contribution in [2.24, 2.45) is 5.73 Å². The fourth-order valence-corrected chi connectivity index (χ4v) is 7.97. The average Bonchev–Trinajstić information content (AvgIpc) is 2.64. The predicted molar refractivity (Wildman–Crippen MR) is 109 cm³/mol. The number of hydrogen-bond donors (Lipinski definition) is 1. The summed E-state index contributed by atoms with van der Waals surface area (Å²) in [5, 5.41) is 2.15. The summed E-state index contributed by atoms with van der Waals surface area (Å²) in [6.45, 7) is 6.81. The monoisotopic (exact) mass is 385 g/mol. The molecule has 0 saturated heterocycles. The second-order valence-electron chi connectivity index (χ2n) is 7.41. The Hall–Kier alpha value is -2.44. The zero-order chi connectivity index (χ0) is 19.9. The number of carbonyl (C=O) groups excluding carboxylic acids is 2. The number of hydrogen-bond acceptors (Lipinski definition) is 4. The second-order valence-corrected chi connectivity index (χ2v) is 11.7. The zero-order valence-corrected chi connectivity index (χ0v) is 17.1. The minimum atomic E-state index is -2.66. The van der Waals surface area contributed by atoms with Crippen LogP contribution < -0.4 is 16.1 Å². The Balaban J connectivity index is 2.40. The molecule has 0 radical (unpaired) electrons. The van der Waals surface area contributed by atoms with Crippen molar-refractivity contribution in [1.82, 2.24) is 0 Å². The van der Waals surface area contributed by atoms with Crippen LogP contribution >= 0.6 is 0 Å². The van der Waals surface area contributed by atoms with Gasteiger partial charge in [-0.1, -0.05) is 81.4 Å². The molecule has 0 aliphatic carbocycles. The molecule has 0 aromatic heterocycles. The Kier molecular flexibility index (Phi) is 6.93. The lowest BCUT2D eigenvalue weighted by molar-refractivity contribution is -0.115. The summed E-state index contributed by atoms with van der Waals surface area (Å²) in [5.74, 6) is 0. The highest BCUT2D eigenvalue weighted by Gasteiger charge is 2.50. The first-order valence-corrected chi connectivity index (χ1v) is 10.9. The smallest absolute Gasteiger partial charge is 0.405 e. The predicted octanol–water partition coefficient (Wildman–Crippen LogP) is 2.62. The maximum atomic E-state index is 11.2. The standard InChI is InChI=1S/C21H27NO4Si/c1-21(2,3)27(18-10-6-4-7-11-18,19-12-8-5-9-13-19)25-15-14-17(16-23)26-20(22)24/h4-13,16-17H,14-15H2,1-3H3,(H2,22,24)/t17-/m1/s1. The van der Waals surface area contributed by atoms with Crippen LogP contribution in [0.5, 0.6) is 0 Å². The van der Waals surface area contributed by atoms with E-state index in [2.05, 4.69) is 45.0 Å². The van der Waals surface area contributed by atoms with Gasteiger partial charge in [0.05, 0.1) is 0 Å². The maximum absolute atomic E-state index is 11.2. The van der Waals surface area contributed by atoms with Gasteiger partial charge in [-0.15, -0.1) is 0 Å². The Morgan fingerprint density at radius 3 is 1.89 bits per heavy atom. The summed E-state index contributed by atoms with van der Waals surface area (Å²) in [6.07, 6.45) is -1.02. The first-order chi connectivity index (χ1) is 12.8. The van der Waals surface area contributed by atoms with E-state index in [1.54, 1.807) is 0 Å². The van der Waals surface area contributed by atoms with Gasteiger partial charge in [0.1, 0.15) is 0 Å². The minimum absolute atomic E-state index is 0.156. The lowest BCUT2D eigenvalue weighted by atomic mass is 10.2. The highest BCUT2D eigenvalue weighted by molar-refractivity contribution is 6.99. The Morgan fingerprint density at radius 2 is 1.52 bits per heavy atom. The van der Waals surface area contributed by atoms with Gasteiger partial charge in [0.25, 0.3) is 8.32 Å². The molecular formula is C21H27NO4Si. The fourth-order valence-electron chi connectivity index (χ4n) is 3.39. The Bertz CT molecular complexity index is 704. The van der Waals surface area contributed by atoms with Gasteiger partial charge in [-0.3, -0.25) is 4.79 Å². The van der Waals surface area contributed by atoms with Gasteiger partial charge in [-0.05, 0) is 15.4 Å². The van der Waals surface area contributed by atoms with E-state index in [1.165, 1.54) is 0 Å². The third-order valence-electron chi connectivity index (χ3n) is 4.56. The van der Waals surface area contributed by atoms with Crippen LogP contribution in [0.1, 0.15) is 27.2 Å². The number of ether oxygens (including phenoxy) is 1. The van der Waals surface area contributed by atoms with Crippen molar-refractivity contribution < 1.29 is 18.8 Å². The molecule has 0 saturated carbocycles. The molecule has 27 heavy (non-hydrogen) atoms. The molecule has 0 aliphatic rings. The molecule has 6 heteroatoms. The molecule has 0 heterocycles. The van der Waals surface area contributed by atoms with Gasteiger partial charge in [0.2, 0.25) is 0 Å². The molecule has 0 spiro atoms. The highest BCUT2D eigenvalue weighted by atomic mass is 28.4. The van der Waals surface area contributed by atoms with Crippen LogP contribution in [0.4, 0.5) is 4.79 Å². The van der Waals surface area contributed by atoms with E-state index in [9.17, 15) is 9.59 Å². The van der Waals surface area contributed by atoms with E-state index in [-0.39, 0.29) is 18.1 Å². The van der Waals surface area contributed by atoms with E-state index in [0.29, 0.717) is 6.29 Å². The van der Waals surface area contributed by atoms with Gasteiger partial charge in [-0.2, -0.15) is 0 Å². The average molecular weight is 386 g/mol. The van der Waals surface area contributed by atoms with E-state index >= 15 is 0 Å². The van der Waals surface area contributed by atoms with Crippen LogP contribution in [-0.4, -0.2) is 33.4 Å². The van der Waals surface area contributed by atoms with Crippen molar-refractivity contribution in [3.63, 3.8) is 0 Å². The molecule has 0 fully saturated rings. The number of carbonyl (C=O) groups is 2. The maximum Gasteiger partial charge on any atom is 0.405 e.